The van der Waals surface area contributed by atoms with Gasteiger partial charge in [0.2, 0.25) is 0 Å². The highest BCUT2D eigenvalue weighted by Gasteiger charge is 2.30. The van der Waals surface area contributed by atoms with Gasteiger partial charge < -0.3 is 9.08 Å². The summed E-state index contributed by atoms with van der Waals surface area (Å²) >= 11 is 2.12. The van der Waals surface area contributed by atoms with E-state index in [1.807, 2.05) is 27.7 Å². The summed E-state index contributed by atoms with van der Waals surface area (Å²) in [5.41, 5.74) is 0. The van der Waals surface area contributed by atoms with Crippen LogP contribution in [0.25, 0.3) is 0 Å². The van der Waals surface area contributed by atoms with Crippen molar-refractivity contribution in [2.24, 2.45) is 0 Å². The number of nitrogens with zero attached hydrogens (tertiary/aromatic N) is 1. The number of aromatic nitrogens is 1. The van der Waals surface area contributed by atoms with Crippen molar-refractivity contribution in [2.45, 2.75) is 44.9 Å². The second-order valence-corrected chi connectivity index (χ2v) is 7.32. The van der Waals surface area contributed by atoms with Crippen molar-refractivity contribution in [1.29, 1.82) is 0 Å². The molecule has 0 unspecified atom stereocenters. The van der Waals surface area contributed by atoms with Gasteiger partial charge in [-0.2, -0.15) is 0 Å². The van der Waals surface area contributed by atoms with Crippen molar-refractivity contribution in [3.8, 4) is 0 Å². The lowest BCUT2D eigenvalue weighted by Crippen LogP contribution is -2.41. The zero-order valence-electron chi connectivity index (χ0n) is 9.91. The molecular weight excluding hydrogens is 292 g/mol. The molecule has 0 aromatic carbocycles. The minimum atomic E-state index is -1.11. The summed E-state index contributed by atoms with van der Waals surface area (Å²) < 4.78 is 20.5. The molecule has 0 fully saturated rings. The van der Waals surface area contributed by atoms with E-state index in [4.69, 9.17) is 4.52 Å². The van der Waals surface area contributed by atoms with Gasteiger partial charge in [0.05, 0.1) is 0 Å². The number of halogens is 1. The van der Waals surface area contributed by atoms with E-state index in [9.17, 15) is 4.55 Å². The van der Waals surface area contributed by atoms with Gasteiger partial charge in [-0.25, -0.2) is 0 Å². The smallest absolute Gasteiger partial charge is 0.159 e. The predicted molar refractivity (Wildman–Crippen MR) is 68.3 cm³/mol. The summed E-state index contributed by atoms with van der Waals surface area (Å²) in [5.74, 6) is 0.701. The second kappa shape index (κ2) is 5.53. The van der Waals surface area contributed by atoms with Gasteiger partial charge >= 0.3 is 0 Å². The van der Waals surface area contributed by atoms with Gasteiger partial charge in [0.25, 0.3) is 0 Å². The Labute approximate surface area is 108 Å². The molecular formula is C10H17BrN2O2S. The summed E-state index contributed by atoms with van der Waals surface area (Å²) in [6.45, 7) is 7.80. The van der Waals surface area contributed by atoms with Crippen LogP contribution in [-0.4, -0.2) is 14.5 Å². The molecule has 0 aliphatic carbocycles. The molecule has 1 aromatic heterocycles. The standard InChI is InChI=1S/C10H17BrN2O2S/c1-5-7(8-6-9(11)12-15-8)13-16(14)10(2,3)4/h6-7,13H,5H2,1-4H3/t7-,16+/m0/s1. The van der Waals surface area contributed by atoms with Crippen molar-refractivity contribution in [1.82, 2.24) is 9.88 Å². The quantitative estimate of drug-likeness (QED) is 0.869. The first-order valence-corrected chi connectivity index (χ1v) is 7.09. The zero-order chi connectivity index (χ0) is 12.3. The summed E-state index contributed by atoms with van der Waals surface area (Å²) in [6, 6.07) is 1.72. The number of hydrogen-bond acceptors (Lipinski definition) is 4. The molecule has 1 aromatic rings. The minimum Gasteiger partial charge on any atom is -0.598 e. The van der Waals surface area contributed by atoms with E-state index in [2.05, 4.69) is 25.8 Å². The highest BCUT2D eigenvalue weighted by atomic mass is 79.9. The lowest BCUT2D eigenvalue weighted by molar-refractivity contribution is 0.346. The average Bonchev–Trinajstić information content (AvgIpc) is 2.59. The molecule has 92 valence electrons. The van der Waals surface area contributed by atoms with E-state index in [1.165, 1.54) is 0 Å². The second-order valence-electron chi connectivity index (χ2n) is 4.51. The molecule has 2 atom stereocenters. The molecule has 0 aliphatic rings. The Bertz CT molecular complexity index is 338. The van der Waals surface area contributed by atoms with E-state index in [0.717, 1.165) is 6.42 Å². The Morgan fingerprint density at radius 3 is 2.62 bits per heavy atom. The van der Waals surface area contributed by atoms with Crippen LogP contribution in [-0.2, 0) is 11.4 Å². The molecule has 0 bridgehead atoms. The third-order valence-corrected chi connectivity index (χ3v) is 4.04. The van der Waals surface area contributed by atoms with Crippen LogP contribution < -0.4 is 4.72 Å². The molecule has 0 saturated carbocycles. The van der Waals surface area contributed by atoms with Crippen molar-refractivity contribution in [3.63, 3.8) is 0 Å². The topological polar surface area (TPSA) is 61.1 Å². The summed E-state index contributed by atoms with van der Waals surface area (Å²) in [6.07, 6.45) is 0.795. The van der Waals surface area contributed by atoms with Gasteiger partial charge in [0.1, 0.15) is 15.4 Å². The van der Waals surface area contributed by atoms with Crippen molar-refractivity contribution < 1.29 is 9.08 Å². The van der Waals surface area contributed by atoms with Gasteiger partial charge in [-0.15, -0.1) is 4.72 Å². The summed E-state index contributed by atoms with van der Waals surface area (Å²) in [5, 5.41) is 3.76. The fraction of sp³-hybridized carbons (Fsp3) is 0.700. The van der Waals surface area contributed by atoms with Crippen molar-refractivity contribution in [2.75, 3.05) is 0 Å². The lowest BCUT2D eigenvalue weighted by atomic mass is 10.2. The molecule has 0 amide bonds. The number of hydrogen-bond donors (Lipinski definition) is 1. The normalized spacial score (nSPS) is 16.1. The average molecular weight is 309 g/mol. The molecule has 16 heavy (non-hydrogen) atoms. The zero-order valence-corrected chi connectivity index (χ0v) is 12.3. The van der Waals surface area contributed by atoms with Gasteiger partial charge in [-0.3, -0.25) is 0 Å². The first-order chi connectivity index (χ1) is 7.34. The Hall–Kier alpha value is -0.0400. The molecule has 1 N–H and O–H groups in total. The largest absolute Gasteiger partial charge is 0.598 e. The highest BCUT2D eigenvalue weighted by Crippen LogP contribution is 2.24. The molecule has 0 radical (unpaired) electrons. The van der Waals surface area contributed by atoms with Crippen LogP contribution >= 0.6 is 15.9 Å². The van der Waals surface area contributed by atoms with Crippen LogP contribution in [0.15, 0.2) is 15.2 Å². The summed E-state index contributed by atoms with van der Waals surface area (Å²) in [7, 11) is 0. The monoisotopic (exact) mass is 308 g/mol. The van der Waals surface area contributed by atoms with Crippen LogP contribution in [0.2, 0.25) is 0 Å². The van der Waals surface area contributed by atoms with Crippen molar-refractivity contribution >= 4 is 27.3 Å². The van der Waals surface area contributed by atoms with Crippen LogP contribution in [0, 0.1) is 0 Å². The van der Waals surface area contributed by atoms with Gasteiger partial charge in [-0.05, 0) is 43.1 Å². The molecule has 1 heterocycles. The lowest BCUT2D eigenvalue weighted by Gasteiger charge is -2.26. The Balaban J connectivity index is 2.70. The fourth-order valence-electron chi connectivity index (χ4n) is 1.08. The molecule has 4 nitrogen and oxygen atoms in total. The summed E-state index contributed by atoms with van der Waals surface area (Å²) in [4.78, 5) is 0. The van der Waals surface area contributed by atoms with Gasteiger partial charge in [0, 0.05) is 17.4 Å². The molecule has 1 rings (SSSR count). The number of rotatable bonds is 4. The first-order valence-electron chi connectivity index (χ1n) is 5.14. The Morgan fingerprint density at radius 2 is 2.25 bits per heavy atom. The van der Waals surface area contributed by atoms with E-state index in [-0.39, 0.29) is 10.8 Å². The highest BCUT2D eigenvalue weighted by molar-refractivity contribution is 9.10. The maximum absolute atomic E-state index is 11.9. The van der Waals surface area contributed by atoms with Crippen LogP contribution in [0.5, 0.6) is 0 Å². The van der Waals surface area contributed by atoms with Gasteiger partial charge in [0.15, 0.2) is 5.76 Å². The van der Waals surface area contributed by atoms with Gasteiger partial charge in [-0.1, -0.05) is 12.1 Å². The predicted octanol–water partition coefficient (Wildman–Crippen LogP) is 2.94. The van der Waals surface area contributed by atoms with E-state index >= 15 is 0 Å². The SMILES string of the molecule is CC[C@H](N[S@+]([O-])C(C)(C)C)c1cc(Br)no1. The van der Waals surface area contributed by atoms with Crippen LogP contribution in [0.4, 0.5) is 0 Å². The van der Waals surface area contributed by atoms with E-state index in [1.54, 1.807) is 6.07 Å². The van der Waals surface area contributed by atoms with E-state index in [0.29, 0.717) is 10.4 Å². The Morgan fingerprint density at radius 1 is 1.62 bits per heavy atom. The maximum atomic E-state index is 11.9. The van der Waals surface area contributed by atoms with Crippen LogP contribution in [0.1, 0.15) is 45.9 Å². The molecule has 0 saturated heterocycles. The molecule has 6 heteroatoms. The third-order valence-electron chi connectivity index (χ3n) is 2.06. The first kappa shape index (κ1) is 14.0. The molecule has 0 spiro atoms. The molecule has 0 aliphatic heterocycles. The Kier molecular flexibility index (Phi) is 4.85. The van der Waals surface area contributed by atoms with E-state index < -0.39 is 11.4 Å². The van der Waals surface area contributed by atoms with Crippen molar-refractivity contribution in [3.05, 3.63) is 16.4 Å². The third kappa shape index (κ3) is 3.76. The number of nitrogens with one attached hydrogen (secondary N) is 1. The minimum absolute atomic E-state index is 0.0705. The maximum Gasteiger partial charge on any atom is 0.159 e. The van der Waals surface area contributed by atoms with Crippen LogP contribution in [0.3, 0.4) is 0 Å². The fourth-order valence-corrected chi connectivity index (χ4v) is 2.27.